The van der Waals surface area contributed by atoms with Gasteiger partial charge in [-0.2, -0.15) is 0 Å². The molecular formula is C30H35N3O6S. The van der Waals surface area contributed by atoms with Gasteiger partial charge in [0.25, 0.3) is 5.91 Å². The van der Waals surface area contributed by atoms with E-state index in [1.165, 1.54) is 30.5 Å². The number of amides is 3. The fraction of sp³-hybridized carbons (Fsp3) is 0.367. The van der Waals surface area contributed by atoms with Crippen molar-refractivity contribution in [3.8, 4) is 11.5 Å². The van der Waals surface area contributed by atoms with Gasteiger partial charge in [0.1, 0.15) is 6.04 Å². The molecule has 2 aromatic carbocycles. The zero-order valence-corrected chi connectivity index (χ0v) is 24.0. The number of benzene rings is 2. The second-order valence-corrected chi connectivity index (χ2v) is 10.5. The van der Waals surface area contributed by atoms with Crippen LogP contribution in [0.4, 0.5) is 5.69 Å². The molecule has 0 aliphatic carbocycles. The van der Waals surface area contributed by atoms with Gasteiger partial charge in [-0.1, -0.05) is 30.3 Å². The summed E-state index contributed by atoms with van der Waals surface area (Å²) in [5.41, 5.74) is 2.76. The molecule has 2 atom stereocenters. The Labute approximate surface area is 238 Å². The number of methoxy groups -OCH3 is 2. The lowest BCUT2D eigenvalue weighted by molar-refractivity contribution is -0.126. The third-order valence-electron chi connectivity index (χ3n) is 6.85. The van der Waals surface area contributed by atoms with Crippen LogP contribution in [-0.4, -0.2) is 57.7 Å². The lowest BCUT2D eigenvalue weighted by atomic mass is 9.99. The number of anilines is 1. The molecule has 3 aromatic rings. The van der Waals surface area contributed by atoms with Gasteiger partial charge in [0.2, 0.25) is 11.8 Å². The number of aryl methyl sites for hydroxylation is 2. The van der Waals surface area contributed by atoms with Gasteiger partial charge < -0.3 is 24.8 Å². The highest BCUT2D eigenvalue weighted by Gasteiger charge is 2.35. The van der Waals surface area contributed by atoms with Crippen LogP contribution in [0.25, 0.3) is 0 Å². The minimum absolute atomic E-state index is 0.0792. The Morgan fingerprint density at radius 2 is 1.77 bits per heavy atom. The van der Waals surface area contributed by atoms with Crippen molar-refractivity contribution < 1.29 is 28.6 Å². The van der Waals surface area contributed by atoms with Crippen molar-refractivity contribution in [2.75, 3.05) is 38.8 Å². The molecule has 0 saturated carbocycles. The van der Waals surface area contributed by atoms with Crippen LogP contribution in [0.2, 0.25) is 0 Å². The lowest BCUT2D eigenvalue weighted by Crippen LogP contribution is -2.49. The number of hydrogen-bond acceptors (Lipinski definition) is 7. The number of carbonyl (C=O) groups excluding carboxylic acids is 3. The SMILES string of the molecule is COc1ccc([C@@H](C(=O)NC[C@@H]2CCCO2)N(C(=O)CNC(=O)c2cccs2)c2c(C)cccc2C)cc1OC. The summed E-state index contributed by atoms with van der Waals surface area (Å²) in [6.07, 6.45) is 1.72. The molecule has 212 valence electrons. The molecule has 0 radical (unpaired) electrons. The van der Waals surface area contributed by atoms with Crippen LogP contribution in [0.1, 0.15) is 45.2 Å². The van der Waals surface area contributed by atoms with Gasteiger partial charge in [0, 0.05) is 13.2 Å². The molecule has 1 aliphatic rings. The highest BCUT2D eigenvalue weighted by Crippen LogP contribution is 2.37. The summed E-state index contributed by atoms with van der Waals surface area (Å²) in [6, 6.07) is 13.2. The van der Waals surface area contributed by atoms with Gasteiger partial charge >= 0.3 is 0 Å². The fourth-order valence-corrected chi connectivity index (χ4v) is 5.52. The average Bonchev–Trinajstić information content (AvgIpc) is 3.69. The van der Waals surface area contributed by atoms with E-state index in [2.05, 4.69) is 10.6 Å². The summed E-state index contributed by atoms with van der Waals surface area (Å²) in [5.74, 6) is -0.234. The Balaban J connectivity index is 1.76. The molecule has 1 aliphatic heterocycles. The number of nitrogens with one attached hydrogen (secondary N) is 2. The molecule has 1 saturated heterocycles. The first-order chi connectivity index (χ1) is 19.3. The van der Waals surface area contributed by atoms with E-state index in [9.17, 15) is 14.4 Å². The van der Waals surface area contributed by atoms with Gasteiger partial charge in [0.15, 0.2) is 11.5 Å². The Morgan fingerprint density at radius 3 is 2.40 bits per heavy atom. The summed E-state index contributed by atoms with van der Waals surface area (Å²) >= 11 is 1.29. The third kappa shape index (κ3) is 6.63. The second-order valence-electron chi connectivity index (χ2n) is 9.56. The topological polar surface area (TPSA) is 106 Å². The highest BCUT2D eigenvalue weighted by atomic mass is 32.1. The smallest absolute Gasteiger partial charge is 0.261 e. The fourth-order valence-electron chi connectivity index (χ4n) is 4.88. The van der Waals surface area contributed by atoms with Crippen molar-refractivity contribution in [2.24, 2.45) is 0 Å². The first-order valence-corrected chi connectivity index (χ1v) is 14.0. The van der Waals surface area contributed by atoms with Crippen LogP contribution < -0.4 is 25.0 Å². The monoisotopic (exact) mass is 565 g/mol. The van der Waals surface area contributed by atoms with Crippen LogP contribution in [0.5, 0.6) is 11.5 Å². The number of nitrogens with zero attached hydrogens (tertiary/aromatic N) is 1. The van der Waals surface area contributed by atoms with Gasteiger partial charge in [0.05, 0.1) is 37.4 Å². The van der Waals surface area contributed by atoms with E-state index in [1.54, 1.807) is 35.7 Å². The van der Waals surface area contributed by atoms with E-state index in [0.717, 1.165) is 24.0 Å². The minimum Gasteiger partial charge on any atom is -0.493 e. The summed E-state index contributed by atoms with van der Waals surface area (Å²) in [5, 5.41) is 7.52. The maximum absolute atomic E-state index is 14.0. The summed E-state index contributed by atoms with van der Waals surface area (Å²) in [4.78, 5) is 42.7. The second kappa shape index (κ2) is 13.5. The Bertz CT molecular complexity index is 1320. The van der Waals surface area contributed by atoms with Crippen LogP contribution in [0.15, 0.2) is 53.9 Å². The number of carbonyl (C=O) groups is 3. The van der Waals surface area contributed by atoms with Crippen molar-refractivity contribution in [1.29, 1.82) is 0 Å². The van der Waals surface area contributed by atoms with E-state index in [-0.39, 0.29) is 24.5 Å². The summed E-state index contributed by atoms with van der Waals surface area (Å²) < 4.78 is 16.6. The van der Waals surface area contributed by atoms with Crippen LogP contribution in [0.3, 0.4) is 0 Å². The number of para-hydroxylation sites is 1. The molecule has 0 spiro atoms. The lowest BCUT2D eigenvalue weighted by Gasteiger charge is -2.34. The van der Waals surface area contributed by atoms with Crippen molar-refractivity contribution >= 4 is 34.7 Å². The maximum atomic E-state index is 14.0. The molecule has 1 fully saturated rings. The van der Waals surface area contributed by atoms with Crippen LogP contribution >= 0.6 is 11.3 Å². The zero-order valence-electron chi connectivity index (χ0n) is 23.2. The molecule has 2 N–H and O–H groups in total. The predicted octanol–water partition coefficient (Wildman–Crippen LogP) is 4.18. The summed E-state index contributed by atoms with van der Waals surface area (Å²) in [7, 11) is 3.05. The molecule has 1 aromatic heterocycles. The zero-order chi connectivity index (χ0) is 28.6. The molecule has 0 unspecified atom stereocenters. The Hall–Kier alpha value is -3.89. The standard InChI is InChI=1S/C30H35N3O6S/c1-19-8-5-9-20(2)27(19)33(26(34)18-32-29(35)25-11-7-15-40-25)28(30(36)31-17-22-10-6-14-39-22)21-12-13-23(37-3)24(16-21)38-4/h5,7-9,11-13,15-16,22,28H,6,10,14,17-18H2,1-4H3,(H,31,36)(H,32,35)/t22-,28-/m0/s1. The Morgan fingerprint density at radius 1 is 1.02 bits per heavy atom. The third-order valence-corrected chi connectivity index (χ3v) is 7.72. The molecule has 40 heavy (non-hydrogen) atoms. The van der Waals surface area contributed by atoms with E-state index in [4.69, 9.17) is 14.2 Å². The number of ether oxygens (including phenoxy) is 3. The van der Waals surface area contributed by atoms with Gasteiger partial charge in [-0.15, -0.1) is 11.3 Å². The first-order valence-electron chi connectivity index (χ1n) is 13.1. The van der Waals surface area contributed by atoms with Gasteiger partial charge in [-0.05, 0) is 67.0 Å². The normalized spacial score (nSPS) is 15.2. The van der Waals surface area contributed by atoms with E-state index < -0.39 is 11.9 Å². The molecule has 2 heterocycles. The van der Waals surface area contributed by atoms with Crippen LogP contribution in [-0.2, 0) is 14.3 Å². The van der Waals surface area contributed by atoms with Gasteiger partial charge in [-0.25, -0.2) is 0 Å². The number of rotatable bonds is 11. The molecular weight excluding hydrogens is 530 g/mol. The van der Waals surface area contributed by atoms with Crippen LogP contribution in [0, 0.1) is 13.8 Å². The minimum atomic E-state index is -1.06. The first kappa shape index (κ1) is 29.1. The quantitative estimate of drug-likeness (QED) is 0.361. The van der Waals surface area contributed by atoms with E-state index in [1.807, 2.05) is 32.0 Å². The van der Waals surface area contributed by atoms with Crippen molar-refractivity contribution in [1.82, 2.24) is 10.6 Å². The number of thiophene rings is 1. The molecule has 4 rings (SSSR count). The highest BCUT2D eigenvalue weighted by molar-refractivity contribution is 7.12. The molecule has 3 amide bonds. The van der Waals surface area contributed by atoms with Crippen molar-refractivity contribution in [3.63, 3.8) is 0 Å². The van der Waals surface area contributed by atoms with E-state index in [0.29, 0.717) is 40.8 Å². The largest absolute Gasteiger partial charge is 0.493 e. The molecule has 10 heteroatoms. The van der Waals surface area contributed by atoms with Gasteiger partial charge in [-0.3, -0.25) is 19.3 Å². The molecule has 0 bridgehead atoms. The van der Waals surface area contributed by atoms with E-state index >= 15 is 0 Å². The number of hydrogen-bond donors (Lipinski definition) is 2. The maximum Gasteiger partial charge on any atom is 0.261 e. The van der Waals surface area contributed by atoms with Crippen molar-refractivity contribution in [2.45, 2.75) is 38.8 Å². The average molecular weight is 566 g/mol. The van der Waals surface area contributed by atoms with Crippen molar-refractivity contribution in [3.05, 3.63) is 75.5 Å². The Kier molecular flexibility index (Phi) is 9.79. The molecule has 9 nitrogen and oxygen atoms in total. The summed E-state index contributed by atoms with van der Waals surface area (Å²) in [6.45, 7) is 4.47. The predicted molar refractivity (Wildman–Crippen MR) is 154 cm³/mol.